The third-order valence-electron chi connectivity index (χ3n) is 1.53. The number of nitrogens with two attached hydrogens (primary N) is 1. The van der Waals surface area contributed by atoms with E-state index in [9.17, 15) is 0 Å². The summed E-state index contributed by atoms with van der Waals surface area (Å²) in [5, 5.41) is 7.84. The molecule has 0 fully saturated rings. The van der Waals surface area contributed by atoms with Crippen molar-refractivity contribution in [3.05, 3.63) is 28.8 Å². The highest BCUT2D eigenvalue weighted by molar-refractivity contribution is 6.31. The third kappa shape index (κ3) is 3.09. The summed E-state index contributed by atoms with van der Waals surface area (Å²) < 4.78 is 5.27. The molecule has 0 aliphatic rings. The first-order valence-electron chi connectivity index (χ1n) is 3.92. The second-order valence-corrected chi connectivity index (χ2v) is 2.92. The number of hydrogen-bond acceptors (Lipinski definition) is 2. The van der Waals surface area contributed by atoms with Gasteiger partial charge in [-0.2, -0.15) is 0 Å². The van der Waals surface area contributed by atoms with Crippen LogP contribution in [0.4, 0.5) is 0 Å². The van der Waals surface area contributed by atoms with Gasteiger partial charge in [0.1, 0.15) is 11.6 Å². The summed E-state index contributed by atoms with van der Waals surface area (Å²) in [6, 6.07) is 5.04. The Balaban J connectivity index is 0.00000169. The molecule has 0 saturated heterocycles. The summed E-state index contributed by atoms with van der Waals surface area (Å²) in [7, 11) is 0. The van der Waals surface area contributed by atoms with Crippen molar-refractivity contribution in [1.82, 2.24) is 0 Å². The Morgan fingerprint density at radius 2 is 2.21 bits per heavy atom. The lowest BCUT2D eigenvalue weighted by molar-refractivity contribution is 0.339. The normalized spacial score (nSPS) is 9.00. The zero-order chi connectivity index (χ0) is 9.84. The van der Waals surface area contributed by atoms with Crippen molar-refractivity contribution in [2.75, 3.05) is 6.61 Å². The van der Waals surface area contributed by atoms with Crippen molar-refractivity contribution in [3.63, 3.8) is 0 Å². The van der Waals surface area contributed by atoms with Gasteiger partial charge in [-0.25, -0.2) is 0 Å². The van der Waals surface area contributed by atoms with E-state index in [1.165, 1.54) is 0 Å². The fourth-order valence-corrected chi connectivity index (χ4v) is 1.17. The highest BCUT2D eigenvalue weighted by atomic mass is 35.5. The molecule has 0 amide bonds. The predicted octanol–water partition coefficient (Wildman–Crippen LogP) is 2.44. The molecule has 14 heavy (non-hydrogen) atoms. The molecule has 0 aliphatic heterocycles. The van der Waals surface area contributed by atoms with Crippen LogP contribution in [0.3, 0.4) is 0 Å². The van der Waals surface area contributed by atoms with Crippen molar-refractivity contribution in [3.8, 4) is 5.75 Å². The third-order valence-corrected chi connectivity index (χ3v) is 1.77. The second-order valence-electron chi connectivity index (χ2n) is 2.49. The molecular formula is C9H12Cl2N2O. The minimum absolute atomic E-state index is 0. The molecule has 78 valence electrons. The maximum Gasteiger partial charge on any atom is 0.130 e. The van der Waals surface area contributed by atoms with E-state index in [0.717, 1.165) is 0 Å². The van der Waals surface area contributed by atoms with E-state index in [0.29, 0.717) is 22.9 Å². The Hall–Kier alpha value is -0.930. The van der Waals surface area contributed by atoms with Crippen LogP contribution < -0.4 is 10.5 Å². The summed E-state index contributed by atoms with van der Waals surface area (Å²) in [6.45, 7) is 2.42. The quantitative estimate of drug-likeness (QED) is 0.624. The van der Waals surface area contributed by atoms with Crippen LogP contribution in [0.15, 0.2) is 18.2 Å². The zero-order valence-corrected chi connectivity index (χ0v) is 9.28. The van der Waals surface area contributed by atoms with Gasteiger partial charge in [0.25, 0.3) is 0 Å². The molecule has 0 heterocycles. The molecule has 3 N–H and O–H groups in total. The van der Waals surface area contributed by atoms with Crippen LogP contribution in [-0.2, 0) is 0 Å². The Bertz CT molecular complexity index is 329. The van der Waals surface area contributed by atoms with Crippen molar-refractivity contribution in [2.45, 2.75) is 6.92 Å². The minimum Gasteiger partial charge on any atom is -0.493 e. The van der Waals surface area contributed by atoms with Crippen molar-refractivity contribution < 1.29 is 4.74 Å². The highest BCUT2D eigenvalue weighted by Crippen LogP contribution is 2.22. The van der Waals surface area contributed by atoms with Gasteiger partial charge < -0.3 is 10.5 Å². The van der Waals surface area contributed by atoms with E-state index >= 15 is 0 Å². The van der Waals surface area contributed by atoms with E-state index in [1.54, 1.807) is 18.2 Å². The maximum absolute atomic E-state index is 7.29. The molecule has 0 unspecified atom stereocenters. The van der Waals surface area contributed by atoms with Crippen LogP contribution in [-0.4, -0.2) is 12.4 Å². The lowest BCUT2D eigenvalue weighted by Crippen LogP contribution is -2.13. The molecule has 0 atom stereocenters. The summed E-state index contributed by atoms with van der Waals surface area (Å²) >= 11 is 5.75. The van der Waals surface area contributed by atoms with Gasteiger partial charge in [0.05, 0.1) is 12.2 Å². The number of rotatable bonds is 3. The first-order valence-corrected chi connectivity index (χ1v) is 4.29. The number of halogens is 2. The van der Waals surface area contributed by atoms with E-state index in [-0.39, 0.29) is 18.2 Å². The number of ether oxygens (including phenoxy) is 1. The van der Waals surface area contributed by atoms with E-state index in [1.807, 2.05) is 6.92 Å². The molecule has 1 rings (SSSR count). The summed E-state index contributed by atoms with van der Waals surface area (Å²) in [5.74, 6) is 0.561. The summed E-state index contributed by atoms with van der Waals surface area (Å²) in [5.41, 5.74) is 5.89. The van der Waals surface area contributed by atoms with E-state index in [4.69, 9.17) is 27.5 Å². The van der Waals surface area contributed by atoms with Gasteiger partial charge in [0.2, 0.25) is 0 Å². The number of nitrogen functional groups attached to an aromatic ring is 1. The van der Waals surface area contributed by atoms with Gasteiger partial charge in [0.15, 0.2) is 0 Å². The molecule has 1 aromatic carbocycles. The van der Waals surface area contributed by atoms with Gasteiger partial charge in [-0.05, 0) is 25.1 Å². The molecule has 0 radical (unpaired) electrons. The lowest BCUT2D eigenvalue weighted by Gasteiger charge is -2.08. The molecule has 0 aliphatic carbocycles. The van der Waals surface area contributed by atoms with E-state index < -0.39 is 0 Å². The van der Waals surface area contributed by atoms with Gasteiger partial charge in [-0.15, -0.1) is 12.4 Å². The SMILES string of the molecule is CCOc1ccc(Cl)cc1C(=N)N.Cl. The Labute approximate surface area is 94.1 Å². The Morgan fingerprint density at radius 1 is 1.57 bits per heavy atom. The lowest BCUT2D eigenvalue weighted by atomic mass is 10.2. The molecule has 0 saturated carbocycles. The van der Waals surface area contributed by atoms with Gasteiger partial charge >= 0.3 is 0 Å². The van der Waals surface area contributed by atoms with Crippen LogP contribution >= 0.6 is 24.0 Å². The molecule has 0 bridgehead atoms. The van der Waals surface area contributed by atoms with Crippen LogP contribution in [0.2, 0.25) is 5.02 Å². The van der Waals surface area contributed by atoms with Crippen molar-refractivity contribution >= 4 is 29.8 Å². The van der Waals surface area contributed by atoms with E-state index in [2.05, 4.69) is 0 Å². The monoisotopic (exact) mass is 234 g/mol. The Morgan fingerprint density at radius 3 is 2.71 bits per heavy atom. The average Bonchev–Trinajstić information content (AvgIpc) is 2.08. The van der Waals surface area contributed by atoms with Crippen molar-refractivity contribution in [1.29, 1.82) is 5.41 Å². The molecule has 3 nitrogen and oxygen atoms in total. The fourth-order valence-electron chi connectivity index (χ4n) is 0.994. The summed E-state index contributed by atoms with van der Waals surface area (Å²) in [4.78, 5) is 0. The van der Waals surface area contributed by atoms with Crippen LogP contribution in [0, 0.1) is 5.41 Å². The largest absolute Gasteiger partial charge is 0.493 e. The molecular weight excluding hydrogens is 223 g/mol. The molecule has 1 aromatic rings. The van der Waals surface area contributed by atoms with Crippen LogP contribution in [0.1, 0.15) is 12.5 Å². The van der Waals surface area contributed by atoms with Crippen molar-refractivity contribution in [2.24, 2.45) is 5.73 Å². The average molecular weight is 235 g/mol. The highest BCUT2D eigenvalue weighted by Gasteiger charge is 2.06. The number of hydrogen-bond donors (Lipinski definition) is 2. The molecule has 5 heteroatoms. The first kappa shape index (κ1) is 13.1. The number of benzene rings is 1. The minimum atomic E-state index is -0.0362. The number of nitrogens with one attached hydrogen (secondary N) is 1. The summed E-state index contributed by atoms with van der Waals surface area (Å²) in [6.07, 6.45) is 0. The maximum atomic E-state index is 7.29. The fraction of sp³-hybridized carbons (Fsp3) is 0.222. The smallest absolute Gasteiger partial charge is 0.130 e. The Kier molecular flexibility index (Phi) is 5.35. The topological polar surface area (TPSA) is 59.1 Å². The standard InChI is InChI=1S/C9H11ClN2O.ClH/c1-2-13-8-4-3-6(10)5-7(8)9(11)12;/h3-5H,2H2,1H3,(H3,11,12);1H. The van der Waals surface area contributed by atoms with Crippen LogP contribution in [0.5, 0.6) is 5.75 Å². The van der Waals surface area contributed by atoms with Crippen LogP contribution in [0.25, 0.3) is 0 Å². The zero-order valence-electron chi connectivity index (χ0n) is 7.71. The second kappa shape index (κ2) is 5.73. The first-order chi connectivity index (χ1) is 6.15. The predicted molar refractivity (Wildman–Crippen MR) is 60.9 cm³/mol. The molecule has 0 spiro atoms. The van der Waals surface area contributed by atoms with Gasteiger partial charge in [-0.3, -0.25) is 5.41 Å². The number of amidine groups is 1. The van der Waals surface area contributed by atoms with Gasteiger partial charge in [0, 0.05) is 5.02 Å². The van der Waals surface area contributed by atoms with Gasteiger partial charge in [-0.1, -0.05) is 11.6 Å². The molecule has 0 aromatic heterocycles.